The number of nitrogens with zero attached hydrogens (tertiary/aromatic N) is 3. The molecule has 8 heteroatoms. The van der Waals surface area contributed by atoms with Crippen LogP contribution in [0.15, 0.2) is 29.5 Å². The maximum atomic E-state index is 12.6. The molecule has 3 heterocycles. The highest BCUT2D eigenvalue weighted by atomic mass is 35.5. The molecule has 7 nitrogen and oxygen atoms in total. The van der Waals surface area contributed by atoms with Gasteiger partial charge in [-0.15, -0.1) is 0 Å². The van der Waals surface area contributed by atoms with Gasteiger partial charge in [0.15, 0.2) is 0 Å². The van der Waals surface area contributed by atoms with Gasteiger partial charge >= 0.3 is 0 Å². The van der Waals surface area contributed by atoms with E-state index in [4.69, 9.17) is 11.6 Å². The van der Waals surface area contributed by atoms with Crippen LogP contribution >= 0.6 is 11.6 Å². The van der Waals surface area contributed by atoms with Crippen molar-refractivity contribution in [3.05, 3.63) is 45.7 Å². The summed E-state index contributed by atoms with van der Waals surface area (Å²) in [6, 6.07) is 3.05. The van der Waals surface area contributed by atoms with Gasteiger partial charge in [-0.3, -0.25) is 14.2 Å². The van der Waals surface area contributed by atoms with Crippen LogP contribution in [0.1, 0.15) is 38.2 Å². The largest absolute Gasteiger partial charge is 0.336 e. The summed E-state index contributed by atoms with van der Waals surface area (Å²) in [6.07, 6.45) is 2.92. The average Bonchev–Trinajstić information content (AvgIpc) is 2.77. The Balaban J connectivity index is 0.000000924. The predicted molar refractivity (Wildman–Crippen MR) is 89.2 cm³/mol. The zero-order chi connectivity index (χ0) is 17.2. The molecular weight excluding hydrogens is 318 g/mol. The number of anilines is 2. The molecular formula is C15H18ClN5O2. The Morgan fingerprint density at radius 1 is 1.30 bits per heavy atom. The minimum atomic E-state index is -0.837. The smallest absolute Gasteiger partial charge is 0.276 e. The highest BCUT2D eigenvalue weighted by Gasteiger charge is 2.38. The number of hydrogen-bond acceptors (Lipinski definition) is 5. The lowest BCUT2D eigenvalue weighted by molar-refractivity contribution is 0.0935. The molecule has 0 bridgehead atoms. The van der Waals surface area contributed by atoms with Gasteiger partial charge in [-0.2, -0.15) is 0 Å². The molecule has 0 unspecified atom stereocenters. The van der Waals surface area contributed by atoms with Gasteiger partial charge in [-0.1, -0.05) is 25.4 Å². The van der Waals surface area contributed by atoms with Crippen LogP contribution in [0.3, 0.4) is 0 Å². The lowest BCUT2D eigenvalue weighted by Gasteiger charge is -2.22. The number of rotatable bonds is 2. The first-order valence-electron chi connectivity index (χ1n) is 7.22. The SMILES string of the molecule is CC.CC1(C)NC(=O)c2c(Cl)cc(Nc3ccncn3)c(=O)n21. The van der Waals surface area contributed by atoms with Crippen molar-refractivity contribution in [1.82, 2.24) is 19.9 Å². The average molecular weight is 336 g/mol. The first-order valence-corrected chi connectivity index (χ1v) is 7.59. The van der Waals surface area contributed by atoms with E-state index in [2.05, 4.69) is 20.6 Å². The topological polar surface area (TPSA) is 88.9 Å². The van der Waals surface area contributed by atoms with E-state index in [1.54, 1.807) is 26.1 Å². The Morgan fingerprint density at radius 3 is 2.61 bits per heavy atom. The van der Waals surface area contributed by atoms with Crippen LogP contribution in [-0.4, -0.2) is 20.4 Å². The standard InChI is InChI=1S/C13H12ClN5O2.C2H6/c1-13(2)18-11(20)10-7(14)5-8(12(21)19(10)13)17-9-3-4-15-6-16-9;1-2/h3-6H,1-2H3,(H,18,20)(H,15,16,17);1-2H3. The first-order chi connectivity index (χ1) is 10.9. The number of carbonyl (C=O) groups is 1. The molecule has 0 fully saturated rings. The number of halogens is 1. The van der Waals surface area contributed by atoms with E-state index in [0.717, 1.165) is 0 Å². The Bertz CT molecular complexity index is 786. The molecule has 2 aromatic rings. The minimum Gasteiger partial charge on any atom is -0.336 e. The van der Waals surface area contributed by atoms with Crippen LogP contribution in [-0.2, 0) is 5.66 Å². The van der Waals surface area contributed by atoms with Crippen LogP contribution in [0.2, 0.25) is 5.02 Å². The van der Waals surface area contributed by atoms with Gasteiger partial charge in [0, 0.05) is 6.20 Å². The molecule has 1 aliphatic rings. The third-order valence-electron chi connectivity index (χ3n) is 3.19. The second kappa shape index (κ2) is 6.37. The second-order valence-electron chi connectivity index (χ2n) is 5.13. The third-order valence-corrected chi connectivity index (χ3v) is 3.48. The van der Waals surface area contributed by atoms with Crippen molar-refractivity contribution in [1.29, 1.82) is 0 Å². The van der Waals surface area contributed by atoms with Gasteiger partial charge in [0.1, 0.15) is 29.2 Å². The molecule has 0 spiro atoms. The zero-order valence-electron chi connectivity index (χ0n) is 13.3. The summed E-state index contributed by atoms with van der Waals surface area (Å²) in [5, 5.41) is 5.81. The van der Waals surface area contributed by atoms with Gasteiger partial charge in [-0.25, -0.2) is 9.97 Å². The second-order valence-corrected chi connectivity index (χ2v) is 5.54. The number of carbonyl (C=O) groups excluding carboxylic acids is 1. The molecule has 1 aliphatic heterocycles. The van der Waals surface area contributed by atoms with E-state index in [9.17, 15) is 9.59 Å². The van der Waals surface area contributed by atoms with Crippen LogP contribution < -0.4 is 16.2 Å². The summed E-state index contributed by atoms with van der Waals surface area (Å²) >= 11 is 6.14. The van der Waals surface area contributed by atoms with Gasteiger partial charge in [0.05, 0.1) is 5.02 Å². The van der Waals surface area contributed by atoms with Crippen molar-refractivity contribution in [3.8, 4) is 0 Å². The van der Waals surface area contributed by atoms with E-state index >= 15 is 0 Å². The van der Waals surface area contributed by atoms with Crippen molar-refractivity contribution in [2.45, 2.75) is 33.4 Å². The maximum Gasteiger partial charge on any atom is 0.276 e. The lowest BCUT2D eigenvalue weighted by Crippen LogP contribution is -2.42. The van der Waals surface area contributed by atoms with Gasteiger partial charge in [-0.05, 0) is 26.0 Å². The van der Waals surface area contributed by atoms with Crippen LogP contribution in [0, 0.1) is 0 Å². The fourth-order valence-corrected chi connectivity index (χ4v) is 2.59. The summed E-state index contributed by atoms with van der Waals surface area (Å²) in [5.74, 6) is 0.101. The fraction of sp³-hybridized carbons (Fsp3) is 0.333. The Hall–Kier alpha value is -2.41. The van der Waals surface area contributed by atoms with Gasteiger partial charge in [0.25, 0.3) is 11.5 Å². The van der Waals surface area contributed by atoms with E-state index in [-0.39, 0.29) is 27.9 Å². The fourth-order valence-electron chi connectivity index (χ4n) is 2.31. The van der Waals surface area contributed by atoms with Crippen molar-refractivity contribution >= 4 is 29.0 Å². The number of aromatic nitrogens is 3. The van der Waals surface area contributed by atoms with Crippen LogP contribution in [0.5, 0.6) is 0 Å². The molecule has 0 aliphatic carbocycles. The number of pyridine rings is 1. The molecule has 0 saturated carbocycles. The molecule has 0 saturated heterocycles. The summed E-state index contributed by atoms with van der Waals surface area (Å²) in [5.41, 5.74) is -0.778. The lowest BCUT2D eigenvalue weighted by atomic mass is 10.2. The number of nitrogens with one attached hydrogen (secondary N) is 2. The maximum absolute atomic E-state index is 12.6. The zero-order valence-corrected chi connectivity index (χ0v) is 14.1. The number of fused-ring (bicyclic) bond motifs is 1. The molecule has 0 radical (unpaired) electrons. The highest BCUT2D eigenvalue weighted by Crippen LogP contribution is 2.28. The Kier molecular flexibility index (Phi) is 4.70. The first kappa shape index (κ1) is 17.0. The van der Waals surface area contributed by atoms with Gasteiger partial charge in [0.2, 0.25) is 0 Å². The van der Waals surface area contributed by atoms with Crippen LogP contribution in [0.25, 0.3) is 0 Å². The molecule has 2 N–H and O–H groups in total. The third kappa shape index (κ3) is 3.05. The summed E-state index contributed by atoms with van der Waals surface area (Å²) in [4.78, 5) is 32.3. The quantitative estimate of drug-likeness (QED) is 0.880. The summed E-state index contributed by atoms with van der Waals surface area (Å²) < 4.78 is 1.35. The van der Waals surface area contributed by atoms with Gasteiger partial charge < -0.3 is 10.6 Å². The molecule has 0 atom stereocenters. The normalized spacial score (nSPS) is 14.4. The summed E-state index contributed by atoms with van der Waals surface area (Å²) in [6.45, 7) is 7.46. The van der Waals surface area contributed by atoms with Crippen molar-refractivity contribution in [3.63, 3.8) is 0 Å². The highest BCUT2D eigenvalue weighted by molar-refractivity contribution is 6.34. The van der Waals surface area contributed by atoms with Crippen molar-refractivity contribution in [2.75, 3.05) is 5.32 Å². The van der Waals surface area contributed by atoms with Crippen molar-refractivity contribution < 1.29 is 4.79 Å². The monoisotopic (exact) mass is 335 g/mol. The Morgan fingerprint density at radius 2 is 2.00 bits per heavy atom. The van der Waals surface area contributed by atoms with E-state index in [0.29, 0.717) is 5.82 Å². The van der Waals surface area contributed by atoms with Crippen molar-refractivity contribution in [2.24, 2.45) is 0 Å². The molecule has 3 rings (SSSR count). The summed E-state index contributed by atoms with van der Waals surface area (Å²) in [7, 11) is 0. The van der Waals surface area contributed by atoms with E-state index in [1.165, 1.54) is 17.0 Å². The molecule has 1 amide bonds. The minimum absolute atomic E-state index is 0.167. The molecule has 122 valence electrons. The number of amides is 1. The Labute approximate surface area is 138 Å². The predicted octanol–water partition coefficient (Wildman–Crippen LogP) is 2.50. The molecule has 2 aromatic heterocycles. The number of hydrogen-bond donors (Lipinski definition) is 2. The van der Waals surface area contributed by atoms with Crippen LogP contribution in [0.4, 0.5) is 11.5 Å². The van der Waals surface area contributed by atoms with E-state index in [1.807, 2.05) is 13.8 Å². The molecule has 23 heavy (non-hydrogen) atoms. The molecule has 0 aromatic carbocycles. The van der Waals surface area contributed by atoms with E-state index < -0.39 is 5.66 Å².